The number of para-hydroxylation sites is 1. The number of benzene rings is 1. The van der Waals surface area contributed by atoms with Gasteiger partial charge in [-0.15, -0.1) is 11.3 Å². The highest BCUT2D eigenvalue weighted by molar-refractivity contribution is 7.20. The summed E-state index contributed by atoms with van der Waals surface area (Å²) in [6.07, 6.45) is 0.233. The Morgan fingerprint density at radius 1 is 1.15 bits per heavy atom. The first kappa shape index (κ1) is 12.7. The number of aromatic nitrogens is 2. The number of Topliss-reactive ketones (excluding diaryl/α,β-unsaturated/α-hetero) is 1. The quantitative estimate of drug-likeness (QED) is 0.691. The number of carbonyl (C=O) groups excluding carboxylic acids is 1. The maximum Gasteiger partial charge on any atom is 0.213 e. The average molecular weight is 284 g/mol. The van der Waals surface area contributed by atoms with Crippen LogP contribution in [0.25, 0.3) is 10.2 Å². The molecular weight excluding hydrogens is 272 g/mol. The third-order valence-electron chi connectivity index (χ3n) is 2.86. The van der Waals surface area contributed by atoms with E-state index in [0.29, 0.717) is 16.6 Å². The average Bonchev–Trinajstić information content (AvgIpc) is 2.91. The van der Waals surface area contributed by atoms with E-state index in [1.54, 1.807) is 13.2 Å². The van der Waals surface area contributed by atoms with Crippen molar-refractivity contribution < 1.29 is 9.53 Å². The van der Waals surface area contributed by atoms with Gasteiger partial charge < -0.3 is 4.74 Å². The zero-order valence-corrected chi connectivity index (χ0v) is 11.7. The van der Waals surface area contributed by atoms with Crippen LogP contribution in [0.2, 0.25) is 0 Å². The Morgan fingerprint density at radius 3 is 2.80 bits per heavy atom. The number of thiazole rings is 1. The largest absolute Gasteiger partial charge is 0.481 e. The molecule has 4 nitrogen and oxygen atoms in total. The van der Waals surface area contributed by atoms with Gasteiger partial charge in [0.1, 0.15) is 0 Å². The number of ketones is 1. The van der Waals surface area contributed by atoms with E-state index in [1.165, 1.54) is 11.3 Å². The number of pyridine rings is 1. The standard InChI is InChI=1S/C15H12N2O2S/c1-19-14-8-4-5-10(16-14)9-12(18)15-17-11-6-2-3-7-13(11)20-15/h2-8H,9H2,1H3. The number of rotatable bonds is 4. The number of hydrogen-bond donors (Lipinski definition) is 0. The molecule has 0 saturated heterocycles. The summed E-state index contributed by atoms with van der Waals surface area (Å²) in [6.45, 7) is 0. The molecule has 2 heterocycles. The lowest BCUT2D eigenvalue weighted by molar-refractivity contribution is 0.0991. The van der Waals surface area contributed by atoms with Crippen molar-refractivity contribution in [3.05, 3.63) is 53.2 Å². The third-order valence-corrected chi connectivity index (χ3v) is 3.94. The molecule has 0 radical (unpaired) electrons. The van der Waals surface area contributed by atoms with Crippen molar-refractivity contribution in [3.8, 4) is 5.88 Å². The van der Waals surface area contributed by atoms with Crippen LogP contribution in [0, 0.1) is 0 Å². The van der Waals surface area contributed by atoms with Crippen molar-refractivity contribution in [1.29, 1.82) is 0 Å². The summed E-state index contributed by atoms with van der Waals surface area (Å²) in [4.78, 5) is 20.9. The minimum absolute atomic E-state index is 0.0213. The van der Waals surface area contributed by atoms with Gasteiger partial charge in [-0.05, 0) is 18.2 Å². The Kier molecular flexibility index (Phi) is 3.43. The molecule has 1 aromatic carbocycles. The van der Waals surface area contributed by atoms with Gasteiger partial charge >= 0.3 is 0 Å². The van der Waals surface area contributed by atoms with Gasteiger partial charge in [0, 0.05) is 6.07 Å². The smallest absolute Gasteiger partial charge is 0.213 e. The second-order valence-electron chi connectivity index (χ2n) is 4.26. The highest BCUT2D eigenvalue weighted by atomic mass is 32.1. The fourth-order valence-corrected chi connectivity index (χ4v) is 2.80. The van der Waals surface area contributed by atoms with Crippen LogP contribution in [0.15, 0.2) is 42.5 Å². The van der Waals surface area contributed by atoms with E-state index in [2.05, 4.69) is 9.97 Å². The Balaban J connectivity index is 1.85. The summed E-state index contributed by atoms with van der Waals surface area (Å²) in [5, 5.41) is 0.524. The number of carbonyl (C=O) groups is 1. The lowest BCUT2D eigenvalue weighted by atomic mass is 10.2. The van der Waals surface area contributed by atoms with E-state index in [1.807, 2.05) is 36.4 Å². The van der Waals surface area contributed by atoms with Gasteiger partial charge in [-0.1, -0.05) is 18.2 Å². The molecule has 3 aromatic rings. The molecule has 0 aliphatic carbocycles. The first-order chi connectivity index (χ1) is 9.76. The van der Waals surface area contributed by atoms with Crippen molar-refractivity contribution in [1.82, 2.24) is 9.97 Å². The maximum absolute atomic E-state index is 12.3. The molecular formula is C15H12N2O2S. The van der Waals surface area contributed by atoms with Crippen LogP contribution in [0.4, 0.5) is 0 Å². The van der Waals surface area contributed by atoms with Gasteiger partial charge in [-0.2, -0.15) is 0 Å². The van der Waals surface area contributed by atoms with Crippen LogP contribution >= 0.6 is 11.3 Å². The van der Waals surface area contributed by atoms with Crippen LogP contribution in [-0.4, -0.2) is 22.9 Å². The number of fused-ring (bicyclic) bond motifs is 1. The molecule has 0 bridgehead atoms. The van der Waals surface area contributed by atoms with Gasteiger partial charge in [0.05, 0.1) is 29.4 Å². The van der Waals surface area contributed by atoms with Gasteiger partial charge in [0.25, 0.3) is 0 Å². The fourth-order valence-electron chi connectivity index (χ4n) is 1.90. The van der Waals surface area contributed by atoms with Crippen LogP contribution in [0.1, 0.15) is 15.5 Å². The van der Waals surface area contributed by atoms with Crippen LogP contribution < -0.4 is 4.74 Å². The SMILES string of the molecule is COc1cccc(CC(=O)c2nc3ccccc3s2)n1. The van der Waals surface area contributed by atoms with Crippen molar-refractivity contribution in [2.75, 3.05) is 7.11 Å². The summed E-state index contributed by atoms with van der Waals surface area (Å²) in [7, 11) is 1.56. The van der Waals surface area contributed by atoms with Crippen LogP contribution in [-0.2, 0) is 6.42 Å². The predicted octanol–water partition coefficient (Wildman–Crippen LogP) is 3.13. The number of ether oxygens (including phenoxy) is 1. The van der Waals surface area contributed by atoms with E-state index in [9.17, 15) is 4.79 Å². The molecule has 0 atom stereocenters. The summed E-state index contributed by atoms with van der Waals surface area (Å²) in [5.74, 6) is 0.492. The minimum Gasteiger partial charge on any atom is -0.481 e. The van der Waals surface area contributed by atoms with Crippen molar-refractivity contribution in [2.24, 2.45) is 0 Å². The molecule has 0 spiro atoms. The van der Waals surface area contributed by atoms with Crippen LogP contribution in [0.5, 0.6) is 5.88 Å². The Morgan fingerprint density at radius 2 is 2.00 bits per heavy atom. The normalized spacial score (nSPS) is 10.7. The molecule has 0 unspecified atom stereocenters. The highest BCUT2D eigenvalue weighted by Crippen LogP contribution is 2.22. The van der Waals surface area contributed by atoms with Crippen LogP contribution in [0.3, 0.4) is 0 Å². The predicted molar refractivity (Wildman–Crippen MR) is 78.4 cm³/mol. The molecule has 0 saturated carbocycles. The van der Waals surface area contributed by atoms with Crippen molar-refractivity contribution >= 4 is 27.3 Å². The summed E-state index contributed by atoms with van der Waals surface area (Å²) >= 11 is 1.41. The molecule has 5 heteroatoms. The van der Waals surface area contributed by atoms with E-state index >= 15 is 0 Å². The summed E-state index contributed by atoms with van der Waals surface area (Å²) < 4.78 is 6.08. The van der Waals surface area contributed by atoms with Gasteiger partial charge in [0.2, 0.25) is 5.88 Å². The lowest BCUT2D eigenvalue weighted by Crippen LogP contribution is -2.05. The second-order valence-corrected chi connectivity index (χ2v) is 5.29. The molecule has 0 N–H and O–H groups in total. The molecule has 0 fully saturated rings. The second kappa shape index (κ2) is 5.38. The minimum atomic E-state index is -0.0213. The van der Waals surface area contributed by atoms with E-state index in [0.717, 1.165) is 10.2 Å². The molecule has 0 amide bonds. The Labute approximate surface area is 120 Å². The maximum atomic E-state index is 12.3. The number of methoxy groups -OCH3 is 1. The number of hydrogen-bond acceptors (Lipinski definition) is 5. The van der Waals surface area contributed by atoms with E-state index in [4.69, 9.17) is 4.74 Å². The van der Waals surface area contributed by atoms with Gasteiger partial charge in [-0.25, -0.2) is 9.97 Å². The summed E-state index contributed by atoms with van der Waals surface area (Å²) in [5.41, 5.74) is 1.55. The topological polar surface area (TPSA) is 52.1 Å². The third kappa shape index (κ3) is 2.53. The summed E-state index contributed by atoms with van der Waals surface area (Å²) in [6, 6.07) is 13.1. The molecule has 100 valence electrons. The first-order valence-electron chi connectivity index (χ1n) is 6.15. The Bertz CT molecular complexity index is 734. The van der Waals surface area contributed by atoms with Gasteiger partial charge in [-0.3, -0.25) is 4.79 Å². The first-order valence-corrected chi connectivity index (χ1v) is 6.96. The molecule has 20 heavy (non-hydrogen) atoms. The van der Waals surface area contributed by atoms with E-state index < -0.39 is 0 Å². The number of nitrogens with zero attached hydrogens (tertiary/aromatic N) is 2. The highest BCUT2D eigenvalue weighted by Gasteiger charge is 2.13. The van der Waals surface area contributed by atoms with Gasteiger partial charge in [0.15, 0.2) is 10.8 Å². The monoisotopic (exact) mass is 284 g/mol. The van der Waals surface area contributed by atoms with E-state index in [-0.39, 0.29) is 12.2 Å². The Hall–Kier alpha value is -2.27. The zero-order valence-electron chi connectivity index (χ0n) is 10.9. The van der Waals surface area contributed by atoms with Crippen molar-refractivity contribution in [2.45, 2.75) is 6.42 Å². The molecule has 0 aliphatic heterocycles. The molecule has 0 aliphatic rings. The molecule has 2 aromatic heterocycles. The fraction of sp³-hybridized carbons (Fsp3) is 0.133. The van der Waals surface area contributed by atoms with Crippen molar-refractivity contribution in [3.63, 3.8) is 0 Å². The lowest BCUT2D eigenvalue weighted by Gasteiger charge is -2.01. The molecule has 3 rings (SSSR count). The zero-order chi connectivity index (χ0) is 13.9.